The van der Waals surface area contributed by atoms with Gasteiger partial charge in [0.25, 0.3) is 5.91 Å². The first-order valence-electron chi connectivity index (χ1n) is 5.68. The van der Waals surface area contributed by atoms with E-state index in [-0.39, 0.29) is 11.9 Å². The normalized spacial score (nSPS) is 12.3. The van der Waals surface area contributed by atoms with Crippen molar-refractivity contribution >= 4 is 11.7 Å². The van der Waals surface area contributed by atoms with Crippen LogP contribution < -0.4 is 16.6 Å². The van der Waals surface area contributed by atoms with Crippen molar-refractivity contribution in [3.8, 4) is 0 Å². The van der Waals surface area contributed by atoms with E-state index in [1.54, 1.807) is 0 Å². The number of rotatable bonds is 5. The smallest absolute Gasteiger partial charge is 0.271 e. The summed E-state index contributed by atoms with van der Waals surface area (Å²) in [6.07, 6.45) is 3.71. The minimum Gasteiger partial charge on any atom is -0.348 e. The number of carbonyl (C=O) groups excluding carboxylic acids is 1. The maximum absolute atomic E-state index is 11.9. The second-order valence-corrected chi connectivity index (χ2v) is 4.16. The number of nitrogens with one attached hydrogen (secondary N) is 2. The van der Waals surface area contributed by atoms with Crippen molar-refractivity contribution in [2.24, 2.45) is 11.8 Å². The summed E-state index contributed by atoms with van der Waals surface area (Å²) in [6, 6.07) is 0.150. The van der Waals surface area contributed by atoms with Crippen molar-refractivity contribution in [3.05, 3.63) is 18.1 Å². The van der Waals surface area contributed by atoms with Crippen molar-refractivity contribution in [2.45, 2.75) is 33.2 Å². The number of amides is 1. The molecule has 1 aromatic heterocycles. The van der Waals surface area contributed by atoms with Crippen LogP contribution in [0.4, 0.5) is 5.82 Å². The molecule has 0 aliphatic heterocycles. The molecule has 0 saturated carbocycles. The molecule has 0 aromatic carbocycles. The van der Waals surface area contributed by atoms with Gasteiger partial charge in [-0.3, -0.25) is 4.79 Å². The Morgan fingerprint density at radius 1 is 1.41 bits per heavy atom. The predicted molar refractivity (Wildman–Crippen MR) is 66.2 cm³/mol. The Hall–Kier alpha value is -1.69. The average Bonchev–Trinajstić information content (AvgIpc) is 2.35. The van der Waals surface area contributed by atoms with E-state index in [1.165, 1.54) is 12.4 Å². The summed E-state index contributed by atoms with van der Waals surface area (Å²) in [5, 5.41) is 2.93. The van der Waals surface area contributed by atoms with Gasteiger partial charge in [-0.2, -0.15) is 0 Å². The average molecular weight is 237 g/mol. The maximum Gasteiger partial charge on any atom is 0.271 e. The molecule has 94 valence electrons. The third-order valence-electron chi connectivity index (χ3n) is 2.59. The molecule has 1 aromatic rings. The third kappa shape index (κ3) is 3.67. The quantitative estimate of drug-likeness (QED) is 0.523. The third-order valence-corrected chi connectivity index (χ3v) is 2.59. The molecule has 0 radical (unpaired) electrons. The van der Waals surface area contributed by atoms with Crippen molar-refractivity contribution in [2.75, 3.05) is 5.43 Å². The van der Waals surface area contributed by atoms with Crippen LogP contribution in [0.15, 0.2) is 12.4 Å². The highest BCUT2D eigenvalue weighted by Crippen LogP contribution is 2.07. The molecule has 1 atom stereocenters. The van der Waals surface area contributed by atoms with Gasteiger partial charge in [-0.05, 0) is 12.3 Å². The van der Waals surface area contributed by atoms with Gasteiger partial charge in [0, 0.05) is 6.04 Å². The number of aromatic nitrogens is 2. The maximum atomic E-state index is 11.9. The predicted octanol–water partition coefficient (Wildman–Crippen LogP) is 0.927. The number of hydrazine groups is 1. The van der Waals surface area contributed by atoms with Crippen LogP contribution in [0.25, 0.3) is 0 Å². The molecule has 0 aliphatic carbocycles. The highest BCUT2D eigenvalue weighted by Gasteiger charge is 2.16. The van der Waals surface area contributed by atoms with E-state index in [9.17, 15) is 4.79 Å². The van der Waals surface area contributed by atoms with Crippen LogP contribution in [0.5, 0.6) is 0 Å². The largest absolute Gasteiger partial charge is 0.348 e. The van der Waals surface area contributed by atoms with Gasteiger partial charge in [0.2, 0.25) is 0 Å². The number of hydrogen-bond acceptors (Lipinski definition) is 5. The van der Waals surface area contributed by atoms with Gasteiger partial charge >= 0.3 is 0 Å². The van der Waals surface area contributed by atoms with Gasteiger partial charge in [-0.1, -0.05) is 20.8 Å². The minimum absolute atomic E-state index is 0.150. The summed E-state index contributed by atoms with van der Waals surface area (Å²) < 4.78 is 0. The first kappa shape index (κ1) is 13.4. The SMILES string of the molecule is CCC(NC(=O)c1cnc(NN)cn1)C(C)C. The molecule has 0 fully saturated rings. The Kier molecular flexibility index (Phi) is 4.84. The second kappa shape index (κ2) is 6.15. The summed E-state index contributed by atoms with van der Waals surface area (Å²) in [5.74, 6) is 5.78. The van der Waals surface area contributed by atoms with E-state index in [2.05, 4.69) is 34.6 Å². The lowest BCUT2D eigenvalue weighted by Crippen LogP contribution is -2.38. The van der Waals surface area contributed by atoms with E-state index >= 15 is 0 Å². The van der Waals surface area contributed by atoms with Gasteiger partial charge in [0.1, 0.15) is 5.69 Å². The highest BCUT2D eigenvalue weighted by molar-refractivity contribution is 5.92. The van der Waals surface area contributed by atoms with Crippen LogP contribution in [0.1, 0.15) is 37.7 Å². The molecular formula is C11H19N5O. The Balaban J connectivity index is 2.68. The fourth-order valence-corrected chi connectivity index (χ4v) is 1.50. The van der Waals surface area contributed by atoms with Gasteiger partial charge in [-0.25, -0.2) is 15.8 Å². The van der Waals surface area contributed by atoms with Gasteiger partial charge in [0.15, 0.2) is 5.82 Å². The molecule has 6 heteroatoms. The van der Waals surface area contributed by atoms with Crippen LogP contribution in [0.3, 0.4) is 0 Å². The standard InChI is InChI=1S/C11H19N5O/c1-4-8(7(2)3)15-11(17)9-5-14-10(16-12)6-13-9/h5-8H,4,12H2,1-3H3,(H,14,16)(H,15,17). The second-order valence-electron chi connectivity index (χ2n) is 4.16. The zero-order chi connectivity index (χ0) is 12.8. The summed E-state index contributed by atoms with van der Waals surface area (Å²) in [5.41, 5.74) is 2.65. The zero-order valence-corrected chi connectivity index (χ0v) is 10.4. The molecular weight excluding hydrogens is 218 g/mol. The van der Waals surface area contributed by atoms with Crippen molar-refractivity contribution < 1.29 is 4.79 Å². The number of nitrogens with zero attached hydrogens (tertiary/aromatic N) is 2. The van der Waals surface area contributed by atoms with Crippen molar-refractivity contribution in [3.63, 3.8) is 0 Å². The van der Waals surface area contributed by atoms with Gasteiger partial charge in [-0.15, -0.1) is 0 Å². The Labute approximate surface area is 101 Å². The van der Waals surface area contributed by atoms with E-state index in [4.69, 9.17) is 5.84 Å². The van der Waals surface area contributed by atoms with Gasteiger partial charge < -0.3 is 10.7 Å². The van der Waals surface area contributed by atoms with E-state index in [0.717, 1.165) is 6.42 Å². The summed E-state index contributed by atoms with van der Waals surface area (Å²) >= 11 is 0. The number of nitrogens with two attached hydrogens (primary N) is 1. The Bertz CT molecular complexity index is 363. The fourth-order valence-electron chi connectivity index (χ4n) is 1.50. The summed E-state index contributed by atoms with van der Waals surface area (Å²) in [6.45, 7) is 6.18. The van der Waals surface area contributed by atoms with Crippen LogP contribution in [0.2, 0.25) is 0 Å². The fraction of sp³-hybridized carbons (Fsp3) is 0.545. The van der Waals surface area contributed by atoms with Crippen molar-refractivity contribution in [1.29, 1.82) is 0 Å². The van der Waals surface area contributed by atoms with Crippen LogP contribution in [-0.2, 0) is 0 Å². The van der Waals surface area contributed by atoms with Gasteiger partial charge in [0.05, 0.1) is 12.4 Å². The topological polar surface area (TPSA) is 92.9 Å². The lowest BCUT2D eigenvalue weighted by Gasteiger charge is -2.20. The molecule has 0 spiro atoms. The van der Waals surface area contributed by atoms with E-state index in [1.807, 2.05) is 6.92 Å². The Morgan fingerprint density at radius 2 is 2.12 bits per heavy atom. The molecule has 1 rings (SSSR count). The number of carbonyl (C=O) groups is 1. The highest BCUT2D eigenvalue weighted by atomic mass is 16.1. The summed E-state index contributed by atoms with van der Waals surface area (Å²) in [4.78, 5) is 19.8. The molecule has 0 saturated heterocycles. The van der Waals surface area contributed by atoms with Crippen LogP contribution in [0, 0.1) is 5.92 Å². The molecule has 1 amide bonds. The molecule has 1 unspecified atom stereocenters. The molecule has 6 nitrogen and oxygen atoms in total. The monoisotopic (exact) mass is 237 g/mol. The molecule has 0 bridgehead atoms. The lowest BCUT2D eigenvalue weighted by atomic mass is 10.0. The number of hydrogen-bond donors (Lipinski definition) is 3. The number of anilines is 1. The van der Waals surface area contributed by atoms with E-state index < -0.39 is 0 Å². The first-order valence-corrected chi connectivity index (χ1v) is 5.68. The van der Waals surface area contributed by atoms with E-state index in [0.29, 0.717) is 17.4 Å². The molecule has 17 heavy (non-hydrogen) atoms. The molecule has 1 heterocycles. The summed E-state index contributed by atoms with van der Waals surface area (Å²) in [7, 11) is 0. The van der Waals surface area contributed by atoms with Crippen LogP contribution in [-0.4, -0.2) is 21.9 Å². The van der Waals surface area contributed by atoms with Crippen molar-refractivity contribution in [1.82, 2.24) is 15.3 Å². The van der Waals surface area contributed by atoms with Crippen LogP contribution >= 0.6 is 0 Å². The minimum atomic E-state index is -0.207. The Morgan fingerprint density at radius 3 is 2.53 bits per heavy atom. The molecule has 0 aliphatic rings. The first-order chi connectivity index (χ1) is 8.08. The zero-order valence-electron chi connectivity index (χ0n) is 10.4. The number of nitrogen functional groups attached to an aromatic ring is 1. The molecule has 4 N–H and O–H groups in total. The lowest BCUT2D eigenvalue weighted by molar-refractivity contribution is 0.0919.